The van der Waals surface area contributed by atoms with E-state index in [9.17, 15) is 4.79 Å². The van der Waals surface area contributed by atoms with Crippen LogP contribution in [0.4, 0.5) is 0 Å². The predicted molar refractivity (Wildman–Crippen MR) is 114 cm³/mol. The molecule has 4 heterocycles. The number of carbonyl (C=O) groups excluding carboxylic acids is 1. The first-order chi connectivity index (χ1) is 13.1. The lowest BCUT2D eigenvalue weighted by atomic mass is 10.2. The summed E-state index contributed by atoms with van der Waals surface area (Å²) in [6.07, 6.45) is 1.60. The number of hydrogen-bond acceptors (Lipinski definition) is 7. The average molecular weight is 419 g/mol. The standard InChI is InChI=1S/C19H22N4OS3/c1-13-14(2)27-19-17(13)18(20-12-21-19)26-11-16(24)23-6-4-22(5-7-23)9-15-3-8-25-10-15/h3,8,10,12H,4-7,9,11H2,1-2H3. The Morgan fingerprint density at radius 1 is 1.22 bits per heavy atom. The van der Waals surface area contributed by atoms with Crippen LogP contribution >= 0.6 is 34.4 Å². The lowest BCUT2D eigenvalue weighted by Gasteiger charge is -2.34. The molecule has 27 heavy (non-hydrogen) atoms. The molecule has 0 radical (unpaired) electrons. The molecule has 0 unspecified atom stereocenters. The summed E-state index contributed by atoms with van der Waals surface area (Å²) in [7, 11) is 0. The number of carbonyl (C=O) groups is 1. The number of aryl methyl sites for hydroxylation is 2. The summed E-state index contributed by atoms with van der Waals surface area (Å²) in [4.78, 5) is 28.2. The molecule has 142 valence electrons. The fraction of sp³-hybridized carbons (Fsp3) is 0.421. The van der Waals surface area contributed by atoms with Crippen molar-refractivity contribution in [2.24, 2.45) is 0 Å². The van der Waals surface area contributed by atoms with Crippen LogP contribution < -0.4 is 0 Å². The minimum absolute atomic E-state index is 0.201. The Morgan fingerprint density at radius 2 is 2.04 bits per heavy atom. The van der Waals surface area contributed by atoms with Crippen LogP contribution in [0.5, 0.6) is 0 Å². The van der Waals surface area contributed by atoms with Crippen molar-refractivity contribution in [3.63, 3.8) is 0 Å². The molecule has 1 saturated heterocycles. The van der Waals surface area contributed by atoms with Gasteiger partial charge in [0, 0.05) is 43.0 Å². The zero-order chi connectivity index (χ0) is 18.8. The second-order valence-electron chi connectivity index (χ2n) is 6.72. The maximum Gasteiger partial charge on any atom is 0.233 e. The van der Waals surface area contributed by atoms with Crippen molar-refractivity contribution in [1.82, 2.24) is 19.8 Å². The minimum atomic E-state index is 0.201. The first kappa shape index (κ1) is 18.9. The summed E-state index contributed by atoms with van der Waals surface area (Å²) < 4.78 is 0. The molecular formula is C19H22N4OS3. The number of hydrogen-bond donors (Lipinski definition) is 0. The normalized spacial score (nSPS) is 15.6. The molecule has 4 rings (SSSR count). The van der Waals surface area contributed by atoms with Gasteiger partial charge in [0.2, 0.25) is 5.91 Å². The summed E-state index contributed by atoms with van der Waals surface area (Å²) in [5.74, 6) is 0.636. The van der Waals surface area contributed by atoms with E-state index in [1.165, 1.54) is 27.8 Å². The van der Waals surface area contributed by atoms with Crippen molar-refractivity contribution < 1.29 is 4.79 Å². The van der Waals surface area contributed by atoms with Crippen LogP contribution in [0.3, 0.4) is 0 Å². The number of thiophene rings is 2. The van der Waals surface area contributed by atoms with Crippen molar-refractivity contribution in [2.45, 2.75) is 25.4 Å². The fourth-order valence-electron chi connectivity index (χ4n) is 3.28. The average Bonchev–Trinajstić information content (AvgIpc) is 3.29. The van der Waals surface area contributed by atoms with E-state index >= 15 is 0 Å². The van der Waals surface area contributed by atoms with E-state index in [0.717, 1.165) is 48.0 Å². The monoisotopic (exact) mass is 418 g/mol. The summed E-state index contributed by atoms with van der Waals surface area (Å²) >= 11 is 4.97. The second-order valence-corrected chi connectivity index (χ2v) is 9.67. The highest BCUT2D eigenvalue weighted by Gasteiger charge is 2.22. The summed E-state index contributed by atoms with van der Waals surface area (Å²) in [5.41, 5.74) is 2.59. The molecule has 0 aromatic carbocycles. The number of amides is 1. The Hall–Kier alpha value is -1.48. The van der Waals surface area contributed by atoms with Crippen molar-refractivity contribution >= 4 is 50.6 Å². The van der Waals surface area contributed by atoms with Gasteiger partial charge >= 0.3 is 0 Å². The highest BCUT2D eigenvalue weighted by Crippen LogP contribution is 2.34. The largest absolute Gasteiger partial charge is 0.339 e. The van der Waals surface area contributed by atoms with Crippen molar-refractivity contribution in [1.29, 1.82) is 0 Å². The number of nitrogens with zero attached hydrogens (tertiary/aromatic N) is 4. The van der Waals surface area contributed by atoms with Crippen LogP contribution in [0.2, 0.25) is 0 Å². The predicted octanol–water partition coefficient (Wildman–Crippen LogP) is 3.81. The molecule has 0 bridgehead atoms. The zero-order valence-electron chi connectivity index (χ0n) is 15.5. The lowest BCUT2D eigenvalue weighted by Crippen LogP contribution is -2.48. The van der Waals surface area contributed by atoms with Crippen LogP contribution in [0.1, 0.15) is 16.0 Å². The van der Waals surface area contributed by atoms with Crippen LogP contribution in [0.15, 0.2) is 28.2 Å². The van der Waals surface area contributed by atoms with Gasteiger partial charge in [-0.3, -0.25) is 9.69 Å². The van der Waals surface area contributed by atoms with Gasteiger partial charge in [-0.05, 0) is 41.8 Å². The first-order valence-electron chi connectivity index (χ1n) is 8.96. The van der Waals surface area contributed by atoms with Crippen LogP contribution in [-0.4, -0.2) is 57.6 Å². The van der Waals surface area contributed by atoms with Gasteiger partial charge in [0.1, 0.15) is 16.2 Å². The Morgan fingerprint density at radius 3 is 2.78 bits per heavy atom. The van der Waals surface area contributed by atoms with E-state index < -0.39 is 0 Å². The summed E-state index contributed by atoms with van der Waals surface area (Å²) in [6.45, 7) is 8.68. The Bertz CT molecular complexity index is 930. The molecule has 8 heteroatoms. The van der Waals surface area contributed by atoms with Gasteiger partial charge in [-0.25, -0.2) is 9.97 Å². The van der Waals surface area contributed by atoms with Gasteiger partial charge in [0.25, 0.3) is 0 Å². The smallest absolute Gasteiger partial charge is 0.233 e. The van der Waals surface area contributed by atoms with Gasteiger partial charge in [-0.2, -0.15) is 11.3 Å². The Kier molecular flexibility index (Phi) is 5.77. The van der Waals surface area contributed by atoms with E-state index in [4.69, 9.17) is 0 Å². The number of rotatable bonds is 5. The number of piperazine rings is 1. The Labute approximate surface area is 171 Å². The molecule has 1 fully saturated rings. The Balaban J connectivity index is 1.33. The van der Waals surface area contributed by atoms with Crippen LogP contribution in [-0.2, 0) is 11.3 Å². The maximum absolute atomic E-state index is 12.7. The van der Waals surface area contributed by atoms with Gasteiger partial charge in [-0.1, -0.05) is 11.8 Å². The molecule has 1 aliphatic rings. The van der Waals surface area contributed by atoms with Crippen LogP contribution in [0, 0.1) is 13.8 Å². The molecule has 0 aliphatic carbocycles. The lowest BCUT2D eigenvalue weighted by molar-refractivity contribution is -0.130. The quantitative estimate of drug-likeness (QED) is 0.466. The first-order valence-corrected chi connectivity index (χ1v) is 11.7. The molecule has 5 nitrogen and oxygen atoms in total. The fourth-order valence-corrected chi connectivity index (χ4v) is 5.96. The van der Waals surface area contributed by atoms with E-state index in [1.54, 1.807) is 29.0 Å². The summed E-state index contributed by atoms with van der Waals surface area (Å²) in [5, 5.41) is 6.35. The molecule has 1 amide bonds. The van der Waals surface area contributed by atoms with E-state index in [-0.39, 0.29) is 5.91 Å². The number of fused-ring (bicyclic) bond motifs is 1. The van der Waals surface area contributed by atoms with E-state index in [0.29, 0.717) is 5.75 Å². The van der Waals surface area contributed by atoms with Gasteiger partial charge in [0.05, 0.1) is 5.75 Å². The van der Waals surface area contributed by atoms with Gasteiger partial charge in [0.15, 0.2) is 0 Å². The second kappa shape index (κ2) is 8.26. The number of thioether (sulfide) groups is 1. The molecule has 1 aliphatic heterocycles. The molecular weight excluding hydrogens is 396 g/mol. The third kappa shape index (κ3) is 4.18. The van der Waals surface area contributed by atoms with Gasteiger partial charge in [-0.15, -0.1) is 11.3 Å². The highest BCUT2D eigenvalue weighted by atomic mass is 32.2. The molecule has 0 atom stereocenters. The van der Waals surface area contributed by atoms with Crippen LogP contribution in [0.25, 0.3) is 10.2 Å². The zero-order valence-corrected chi connectivity index (χ0v) is 17.9. The third-order valence-electron chi connectivity index (χ3n) is 4.97. The van der Waals surface area contributed by atoms with Crippen molar-refractivity contribution in [3.05, 3.63) is 39.2 Å². The van der Waals surface area contributed by atoms with Crippen molar-refractivity contribution in [3.8, 4) is 0 Å². The van der Waals surface area contributed by atoms with E-state index in [2.05, 4.69) is 45.5 Å². The third-order valence-corrected chi connectivity index (χ3v) is 7.80. The summed E-state index contributed by atoms with van der Waals surface area (Å²) in [6, 6.07) is 2.18. The molecule has 0 saturated carbocycles. The maximum atomic E-state index is 12.7. The van der Waals surface area contributed by atoms with Gasteiger partial charge < -0.3 is 4.90 Å². The molecule has 3 aromatic rings. The van der Waals surface area contributed by atoms with Crippen molar-refractivity contribution in [2.75, 3.05) is 31.9 Å². The number of aromatic nitrogens is 2. The highest BCUT2D eigenvalue weighted by molar-refractivity contribution is 8.00. The minimum Gasteiger partial charge on any atom is -0.339 e. The SMILES string of the molecule is Cc1sc2ncnc(SCC(=O)N3CCN(Cc4ccsc4)CC3)c2c1C. The molecule has 3 aromatic heterocycles. The molecule has 0 spiro atoms. The topological polar surface area (TPSA) is 49.3 Å². The molecule has 0 N–H and O–H groups in total. The van der Waals surface area contributed by atoms with E-state index in [1.807, 2.05) is 4.90 Å².